The van der Waals surface area contributed by atoms with Crippen LogP contribution in [0, 0.1) is 0 Å². The number of fused-ring (bicyclic) bond motifs is 1. The van der Waals surface area contributed by atoms with Crippen LogP contribution >= 0.6 is 0 Å². The Morgan fingerprint density at radius 1 is 1.10 bits per heavy atom. The van der Waals surface area contributed by atoms with E-state index < -0.39 is 0 Å². The first-order chi connectivity index (χ1) is 9.81. The van der Waals surface area contributed by atoms with Gasteiger partial charge in [0, 0.05) is 23.3 Å². The molecule has 0 aliphatic rings. The van der Waals surface area contributed by atoms with Gasteiger partial charge < -0.3 is 15.1 Å². The summed E-state index contributed by atoms with van der Waals surface area (Å²) >= 11 is 0. The number of hydrogen-bond donors (Lipinski definition) is 3. The molecule has 0 saturated carbocycles. The van der Waals surface area contributed by atoms with Crippen LogP contribution in [0.25, 0.3) is 33.9 Å². The normalized spacial score (nSPS) is 11.2. The van der Waals surface area contributed by atoms with Gasteiger partial charge in [-0.3, -0.25) is 5.10 Å². The Hall–Kier alpha value is -3.09. The zero-order valence-electron chi connectivity index (χ0n) is 10.3. The first-order valence-electron chi connectivity index (χ1n) is 6.02. The third-order valence-electron chi connectivity index (χ3n) is 3.07. The summed E-state index contributed by atoms with van der Waals surface area (Å²) in [4.78, 5) is 11.4. The van der Waals surface area contributed by atoms with Crippen LogP contribution in [0.1, 0.15) is 0 Å². The van der Waals surface area contributed by atoms with E-state index in [1.165, 1.54) is 0 Å². The van der Waals surface area contributed by atoms with Gasteiger partial charge in [0.15, 0.2) is 11.6 Å². The minimum Gasteiger partial charge on any atom is -0.453 e. The minimum absolute atomic E-state index is 0.190. The molecule has 0 unspecified atom stereocenters. The van der Waals surface area contributed by atoms with Crippen molar-refractivity contribution in [2.75, 3.05) is 5.73 Å². The molecule has 7 nitrogen and oxygen atoms in total. The summed E-state index contributed by atoms with van der Waals surface area (Å²) in [6.45, 7) is 0. The van der Waals surface area contributed by atoms with Gasteiger partial charge in [-0.15, -0.1) is 5.10 Å². The lowest BCUT2D eigenvalue weighted by atomic mass is 10.1. The number of pyridine rings is 1. The van der Waals surface area contributed by atoms with Gasteiger partial charge in [-0.05, 0) is 24.3 Å². The van der Waals surface area contributed by atoms with Crippen molar-refractivity contribution in [1.29, 1.82) is 0 Å². The van der Waals surface area contributed by atoms with Crippen LogP contribution in [0.5, 0.6) is 0 Å². The van der Waals surface area contributed by atoms with Crippen LogP contribution in [-0.2, 0) is 0 Å². The van der Waals surface area contributed by atoms with Crippen molar-refractivity contribution >= 4 is 17.0 Å². The van der Waals surface area contributed by atoms with Crippen molar-refractivity contribution in [1.82, 2.24) is 25.1 Å². The molecule has 0 amide bonds. The molecule has 0 aromatic carbocycles. The lowest BCUT2D eigenvalue weighted by molar-refractivity contribution is 0.593. The van der Waals surface area contributed by atoms with E-state index in [-0.39, 0.29) is 5.95 Å². The number of furan rings is 1. The molecule has 7 heteroatoms. The first-order valence-corrected chi connectivity index (χ1v) is 6.02. The zero-order chi connectivity index (χ0) is 13.5. The molecule has 4 rings (SSSR count). The Bertz CT molecular complexity index is 887. The molecule has 4 aromatic heterocycles. The molecule has 4 N–H and O–H groups in total. The number of nitrogens with two attached hydrogens (primary N) is 1. The largest absolute Gasteiger partial charge is 0.453 e. The van der Waals surface area contributed by atoms with Gasteiger partial charge in [-0.25, -0.2) is 4.98 Å². The lowest BCUT2D eigenvalue weighted by Gasteiger charge is -1.98. The van der Waals surface area contributed by atoms with E-state index in [0.717, 1.165) is 22.4 Å². The first kappa shape index (κ1) is 10.8. The summed E-state index contributed by atoms with van der Waals surface area (Å²) in [6, 6.07) is 7.59. The van der Waals surface area contributed by atoms with E-state index in [2.05, 4.69) is 25.1 Å². The summed E-state index contributed by atoms with van der Waals surface area (Å²) in [5, 5.41) is 7.51. The van der Waals surface area contributed by atoms with Gasteiger partial charge in [-0.1, -0.05) is 0 Å². The number of H-pyrrole nitrogens is 2. The number of nitrogens with zero attached hydrogens (tertiary/aromatic N) is 3. The topological polar surface area (TPSA) is 109 Å². The molecule has 0 aliphatic heterocycles. The number of aromatic nitrogens is 5. The van der Waals surface area contributed by atoms with Crippen molar-refractivity contribution in [3.63, 3.8) is 0 Å². The molecule has 4 aromatic rings. The molecular formula is C13H10N6O. The molecule has 0 bridgehead atoms. The molecule has 0 fully saturated rings. The Kier molecular flexibility index (Phi) is 2.13. The highest BCUT2D eigenvalue weighted by Crippen LogP contribution is 2.31. The number of nitrogens with one attached hydrogen (secondary N) is 2. The minimum atomic E-state index is 0.190. The highest BCUT2D eigenvalue weighted by Gasteiger charge is 2.12. The summed E-state index contributed by atoms with van der Waals surface area (Å²) in [7, 11) is 0. The monoisotopic (exact) mass is 266 g/mol. The van der Waals surface area contributed by atoms with Crippen molar-refractivity contribution < 1.29 is 4.42 Å². The Morgan fingerprint density at radius 2 is 2.00 bits per heavy atom. The second-order valence-corrected chi connectivity index (χ2v) is 4.30. The van der Waals surface area contributed by atoms with E-state index in [1.807, 2.05) is 30.5 Å². The van der Waals surface area contributed by atoms with Gasteiger partial charge in [0.1, 0.15) is 11.4 Å². The van der Waals surface area contributed by atoms with Crippen LogP contribution in [0.2, 0.25) is 0 Å². The number of nitrogen functional groups attached to an aromatic ring is 1. The fraction of sp³-hybridized carbons (Fsp3) is 0. The maximum absolute atomic E-state index is 5.82. The summed E-state index contributed by atoms with van der Waals surface area (Å²) in [6.07, 6.45) is 3.59. The van der Waals surface area contributed by atoms with Gasteiger partial charge in [0.2, 0.25) is 5.95 Å². The molecule has 0 atom stereocenters. The highest BCUT2D eigenvalue weighted by molar-refractivity contribution is 5.91. The van der Waals surface area contributed by atoms with Crippen molar-refractivity contribution in [3.05, 3.63) is 36.7 Å². The molecule has 0 aliphatic carbocycles. The molecule has 0 saturated heterocycles. The molecule has 0 spiro atoms. The van der Waals surface area contributed by atoms with Gasteiger partial charge >= 0.3 is 0 Å². The Morgan fingerprint density at radius 3 is 2.85 bits per heavy atom. The Labute approximate surface area is 112 Å². The highest BCUT2D eigenvalue weighted by atomic mass is 16.3. The smallest absolute Gasteiger partial charge is 0.239 e. The lowest BCUT2D eigenvalue weighted by Crippen LogP contribution is -1.85. The second-order valence-electron chi connectivity index (χ2n) is 4.30. The summed E-state index contributed by atoms with van der Waals surface area (Å²) in [5.74, 6) is 2.02. The number of rotatable bonds is 2. The third-order valence-corrected chi connectivity index (χ3v) is 3.07. The molecule has 4 heterocycles. The average molecular weight is 266 g/mol. The second kappa shape index (κ2) is 3.95. The Balaban J connectivity index is 1.84. The zero-order valence-corrected chi connectivity index (χ0v) is 10.3. The predicted octanol–water partition coefficient (Wildman–Crippen LogP) is 2.19. The van der Waals surface area contributed by atoms with Crippen LogP contribution < -0.4 is 5.73 Å². The van der Waals surface area contributed by atoms with Crippen molar-refractivity contribution in [2.24, 2.45) is 0 Å². The quantitative estimate of drug-likeness (QED) is 0.515. The van der Waals surface area contributed by atoms with E-state index >= 15 is 0 Å². The third kappa shape index (κ3) is 1.57. The van der Waals surface area contributed by atoms with Crippen LogP contribution in [-0.4, -0.2) is 25.1 Å². The molecule has 0 radical (unpaired) electrons. The van der Waals surface area contributed by atoms with E-state index in [1.54, 1.807) is 6.20 Å². The van der Waals surface area contributed by atoms with Crippen molar-refractivity contribution in [3.8, 4) is 22.9 Å². The standard InChI is InChI=1S/C13H10N6O/c14-13-17-12(18-19-13)10-2-1-9(20-10)7-3-5-15-11-8(7)4-6-16-11/h1-6H,(H,15,16)(H3,14,17,18,19). The van der Waals surface area contributed by atoms with Crippen LogP contribution in [0.3, 0.4) is 0 Å². The summed E-state index contributed by atoms with van der Waals surface area (Å²) in [5.41, 5.74) is 7.28. The molecular weight excluding hydrogens is 256 g/mol. The van der Waals surface area contributed by atoms with Crippen LogP contribution in [0.4, 0.5) is 5.95 Å². The van der Waals surface area contributed by atoms with Crippen LogP contribution in [0.15, 0.2) is 41.1 Å². The summed E-state index contributed by atoms with van der Waals surface area (Å²) < 4.78 is 5.82. The van der Waals surface area contributed by atoms with Gasteiger partial charge in [0.05, 0.1) is 0 Å². The fourth-order valence-electron chi connectivity index (χ4n) is 2.17. The fourth-order valence-corrected chi connectivity index (χ4v) is 2.17. The number of aromatic amines is 2. The van der Waals surface area contributed by atoms with E-state index in [4.69, 9.17) is 10.2 Å². The van der Waals surface area contributed by atoms with Gasteiger partial charge in [0.25, 0.3) is 0 Å². The average Bonchev–Trinajstić information content (AvgIpc) is 3.17. The SMILES string of the molecule is Nc1n[nH]c(-c2ccc(-c3ccnc4[nH]ccc34)o2)n1. The predicted molar refractivity (Wildman–Crippen MR) is 73.6 cm³/mol. The van der Waals surface area contributed by atoms with E-state index in [9.17, 15) is 0 Å². The molecule has 98 valence electrons. The van der Waals surface area contributed by atoms with E-state index in [0.29, 0.717) is 11.6 Å². The maximum atomic E-state index is 5.82. The molecule has 20 heavy (non-hydrogen) atoms. The van der Waals surface area contributed by atoms with Crippen molar-refractivity contribution in [2.45, 2.75) is 0 Å². The number of anilines is 1. The number of hydrogen-bond acceptors (Lipinski definition) is 5. The maximum Gasteiger partial charge on any atom is 0.239 e. The van der Waals surface area contributed by atoms with Gasteiger partial charge in [-0.2, -0.15) is 4.98 Å².